The topological polar surface area (TPSA) is 296 Å². The average Bonchev–Trinajstić information content (AvgIpc) is 1.84. The van der Waals surface area contributed by atoms with Crippen molar-refractivity contribution in [2.24, 2.45) is 41.2 Å². The van der Waals surface area contributed by atoms with Crippen LogP contribution in [0.5, 0.6) is 0 Å². The molecule has 2 bridgehead atoms. The number of carbonyl (C=O) groups is 11. The van der Waals surface area contributed by atoms with Gasteiger partial charge in [-0.3, -0.25) is 52.7 Å². The maximum atomic E-state index is 15.3. The Morgan fingerprint density at radius 3 is 1.49 bits per heavy atom. The number of nitrogens with zero attached hydrogens (tertiary/aromatic N) is 8. The number of allylic oxidation sites excluding steroid dienone is 2. The summed E-state index contributed by atoms with van der Waals surface area (Å²) in [5, 5.41) is 20.7. The number of aliphatic hydroxyl groups excluding tert-OH is 1. The molecule has 2 aliphatic rings. The summed E-state index contributed by atoms with van der Waals surface area (Å²) < 4.78 is 0. The summed E-state index contributed by atoms with van der Waals surface area (Å²) in [6, 6.07) is -14.0. The summed E-state index contributed by atoms with van der Waals surface area (Å²) in [6.45, 7) is 28.4. The monoisotopic (exact) mass is 1270 g/mol. The standard InChI is InChI=1S/C64H114N12O12S/c1-24-26-27-40(13)53(77)52-56(80)67-44(25-2)58(82)73(21)49(34-89-29-28-65)61(85)69(17)45(30-35(3)4)55(79)68-50(38(9)10)63(87)72(20)48-33-41(14)76(62(48)86)43(16)54(78)66-42(15)57(81)70(18)46(31-36(5)6)59(83)71(19)47(32-37(7)8)60(84)74(22)51(39(11)12)64(88)75(52)23/h24,26,35-53,77H,25,27-34,65H2,1-23H3,(H,66,78)(H,67,80)(H,68,79)/b26-24+/t40-,41?,42-,43+,44+,45+,46+,47+,48+,49-,50+,51+,52+,53-/m1/s1. The Balaban J connectivity index is 3.06. The molecule has 0 aromatic carbocycles. The van der Waals surface area contributed by atoms with Crippen LogP contribution in [0.3, 0.4) is 0 Å². The quantitative estimate of drug-likeness (QED) is 0.103. The summed E-state index contributed by atoms with van der Waals surface area (Å²) >= 11 is 1.30. The van der Waals surface area contributed by atoms with E-state index in [9.17, 15) is 33.9 Å². The first-order valence-corrected chi connectivity index (χ1v) is 33.1. The molecular formula is C64H114N12O12S. The minimum absolute atomic E-state index is 0.00142. The Morgan fingerprint density at radius 2 is 1.01 bits per heavy atom. The Kier molecular flexibility index (Phi) is 31.8. The van der Waals surface area contributed by atoms with Gasteiger partial charge in [0.25, 0.3) is 0 Å². The van der Waals surface area contributed by atoms with Crippen LogP contribution < -0.4 is 21.7 Å². The van der Waals surface area contributed by atoms with Gasteiger partial charge in [-0.1, -0.05) is 95.2 Å². The Bertz CT molecular complexity index is 2480. The van der Waals surface area contributed by atoms with Crippen molar-refractivity contribution in [1.82, 2.24) is 55.1 Å². The summed E-state index contributed by atoms with van der Waals surface area (Å²) in [5.74, 6) is -8.95. The summed E-state index contributed by atoms with van der Waals surface area (Å²) in [6.07, 6.45) is 2.95. The van der Waals surface area contributed by atoms with E-state index in [0.29, 0.717) is 12.2 Å². The molecule has 24 nitrogen and oxygen atoms in total. The first-order chi connectivity index (χ1) is 41.3. The number of amides is 11. The normalized spacial score (nSPS) is 28.4. The maximum absolute atomic E-state index is 15.3. The second-order valence-electron chi connectivity index (χ2n) is 26.8. The van der Waals surface area contributed by atoms with Gasteiger partial charge in [-0.05, 0) is 102 Å². The zero-order valence-corrected chi connectivity index (χ0v) is 58.8. The smallest absolute Gasteiger partial charge is 0.246 e. The molecule has 89 heavy (non-hydrogen) atoms. The van der Waals surface area contributed by atoms with Crippen molar-refractivity contribution in [3.8, 4) is 0 Å². The van der Waals surface area contributed by atoms with E-state index in [4.69, 9.17) is 5.73 Å². The predicted molar refractivity (Wildman–Crippen MR) is 347 cm³/mol. The van der Waals surface area contributed by atoms with Crippen LogP contribution in [0.4, 0.5) is 0 Å². The van der Waals surface area contributed by atoms with Gasteiger partial charge >= 0.3 is 0 Å². The van der Waals surface area contributed by atoms with Gasteiger partial charge in [-0.15, -0.1) is 0 Å². The van der Waals surface area contributed by atoms with Gasteiger partial charge in [0.05, 0.1) is 6.10 Å². The molecule has 0 radical (unpaired) electrons. The van der Waals surface area contributed by atoms with Crippen LogP contribution in [0, 0.1) is 35.5 Å². The molecule has 0 aromatic heterocycles. The van der Waals surface area contributed by atoms with Gasteiger partial charge in [0, 0.05) is 73.4 Å². The van der Waals surface area contributed by atoms with E-state index >= 15 is 24.0 Å². The van der Waals surface area contributed by atoms with Gasteiger partial charge in [-0.25, -0.2) is 0 Å². The van der Waals surface area contributed by atoms with Crippen molar-refractivity contribution >= 4 is 76.7 Å². The summed E-state index contributed by atoms with van der Waals surface area (Å²) in [4.78, 5) is 173. The van der Waals surface area contributed by atoms with Gasteiger partial charge in [-0.2, -0.15) is 11.8 Å². The molecule has 2 rings (SSSR count). The minimum atomic E-state index is -1.63. The van der Waals surface area contributed by atoms with Gasteiger partial charge in [0.2, 0.25) is 65.0 Å². The largest absolute Gasteiger partial charge is 0.390 e. The van der Waals surface area contributed by atoms with Crippen molar-refractivity contribution in [2.45, 2.75) is 228 Å². The minimum Gasteiger partial charge on any atom is -0.390 e. The maximum Gasteiger partial charge on any atom is 0.246 e. The van der Waals surface area contributed by atoms with Crippen LogP contribution in [0.1, 0.15) is 149 Å². The zero-order valence-electron chi connectivity index (χ0n) is 58.0. The lowest BCUT2D eigenvalue weighted by atomic mass is 9.91. The number of thioether (sulfide) groups is 1. The van der Waals surface area contributed by atoms with Crippen LogP contribution in [-0.2, 0) is 52.7 Å². The second-order valence-corrected chi connectivity index (χ2v) is 28.0. The van der Waals surface area contributed by atoms with Crippen molar-refractivity contribution in [3.05, 3.63) is 12.2 Å². The van der Waals surface area contributed by atoms with Gasteiger partial charge in [0.1, 0.15) is 66.5 Å². The molecule has 508 valence electrons. The molecule has 1 unspecified atom stereocenters. The molecule has 0 saturated carbocycles. The van der Waals surface area contributed by atoms with Crippen molar-refractivity contribution in [3.63, 3.8) is 0 Å². The van der Waals surface area contributed by atoms with Crippen LogP contribution >= 0.6 is 11.8 Å². The molecule has 0 aliphatic carbocycles. The number of carbonyl (C=O) groups excluding carboxylic acids is 11. The number of nitrogens with two attached hydrogens (primary N) is 1. The van der Waals surface area contributed by atoms with Gasteiger partial charge in [0.15, 0.2) is 0 Å². The van der Waals surface area contributed by atoms with Crippen LogP contribution in [0.2, 0.25) is 0 Å². The summed E-state index contributed by atoms with van der Waals surface area (Å²) in [7, 11) is 10.1. The first kappa shape index (κ1) is 79.3. The van der Waals surface area contributed by atoms with Crippen LogP contribution in [-0.4, -0.2) is 255 Å². The van der Waals surface area contributed by atoms with Gasteiger partial charge < -0.3 is 66.0 Å². The van der Waals surface area contributed by atoms with E-state index in [1.165, 1.54) is 109 Å². The fourth-order valence-electron chi connectivity index (χ4n) is 11.9. The number of likely N-dealkylation sites (N-methyl/N-ethyl adjacent to an activating group) is 7. The fraction of sp³-hybridized carbons (Fsp3) is 0.797. The van der Waals surface area contributed by atoms with Crippen molar-refractivity contribution in [2.75, 3.05) is 67.4 Å². The number of hydrogen-bond donors (Lipinski definition) is 5. The van der Waals surface area contributed by atoms with Crippen molar-refractivity contribution in [1.29, 1.82) is 0 Å². The number of fused-ring (bicyclic) bond motifs is 2. The highest BCUT2D eigenvalue weighted by Crippen LogP contribution is 2.29. The third kappa shape index (κ3) is 20.3. The zero-order chi connectivity index (χ0) is 68.5. The molecule has 2 fully saturated rings. The van der Waals surface area contributed by atoms with E-state index in [1.807, 2.05) is 47.6 Å². The lowest BCUT2D eigenvalue weighted by Crippen LogP contribution is -2.64. The highest BCUT2D eigenvalue weighted by Gasteiger charge is 2.49. The molecule has 11 amide bonds. The Labute approximate surface area is 536 Å². The van der Waals surface area contributed by atoms with Crippen molar-refractivity contribution < 1.29 is 57.8 Å². The highest BCUT2D eigenvalue weighted by atomic mass is 32.2. The predicted octanol–water partition coefficient (Wildman–Crippen LogP) is 2.79. The number of aliphatic hydroxyl groups is 1. The first-order valence-electron chi connectivity index (χ1n) is 32.0. The number of rotatable bonds is 17. The molecule has 2 saturated heterocycles. The van der Waals surface area contributed by atoms with E-state index in [0.717, 1.165) is 4.90 Å². The van der Waals surface area contributed by atoms with E-state index in [1.54, 1.807) is 61.5 Å². The molecule has 2 aliphatic heterocycles. The summed E-state index contributed by atoms with van der Waals surface area (Å²) in [5.41, 5.74) is 5.91. The Hall–Kier alpha value is -5.82. The molecule has 6 N–H and O–H groups in total. The molecule has 2 heterocycles. The van der Waals surface area contributed by atoms with Crippen LogP contribution in [0.15, 0.2) is 12.2 Å². The SMILES string of the molecule is C/C=C/C[C@@H](C)[C@@H](O)[C@H]1C(=O)N[C@@H](CC)C(=O)N(C)[C@H](CSCCN)C(=O)N(C)[C@@H](CC(C)C)C(=O)N[C@@H](C(C)C)C(=O)N(C)[C@H]2CC(C)N(C2=O)[C@@H](C)C(=O)N[C@H](C)C(=O)N(C)[C@@H](CC(C)C)C(=O)N(C)[C@@H](CC(C)C)C(=O)N(C)[C@@H](C(C)C)C(=O)N1C. The molecule has 0 spiro atoms. The number of nitrogens with one attached hydrogen (secondary N) is 3. The number of hydrogen-bond acceptors (Lipinski definition) is 14. The lowest BCUT2D eigenvalue weighted by Gasteiger charge is -2.41. The van der Waals surface area contributed by atoms with E-state index < -0.39 is 161 Å². The molecular weight excluding hydrogens is 1160 g/mol. The molecule has 25 heteroatoms. The second kappa shape index (κ2) is 35.7. The molecule has 0 aromatic rings. The lowest BCUT2D eigenvalue weighted by molar-refractivity contribution is -0.157. The Morgan fingerprint density at radius 1 is 0.539 bits per heavy atom. The third-order valence-electron chi connectivity index (χ3n) is 17.5. The van der Waals surface area contributed by atoms with E-state index in [2.05, 4.69) is 16.0 Å². The fourth-order valence-corrected chi connectivity index (χ4v) is 12.9. The average molecular weight is 1280 g/mol. The van der Waals surface area contributed by atoms with E-state index in [-0.39, 0.29) is 62.2 Å². The highest BCUT2D eigenvalue weighted by molar-refractivity contribution is 7.99. The van der Waals surface area contributed by atoms with Crippen LogP contribution in [0.25, 0.3) is 0 Å². The third-order valence-corrected chi connectivity index (χ3v) is 18.6. The molecule has 14 atom stereocenters.